The molecule has 144 valence electrons. The largest absolute Gasteiger partial charge is 0.358 e. The SMILES string of the molecule is CCc1ccc(CCNC(=NC)NC2CCN(CC(=O)NC)CC2)cc1. The normalized spacial score (nSPS) is 16.3. The first kappa shape index (κ1) is 20.2. The van der Waals surface area contributed by atoms with E-state index in [1.54, 1.807) is 7.05 Å². The molecule has 0 aliphatic carbocycles. The Hall–Kier alpha value is -2.08. The second-order valence-corrected chi connectivity index (χ2v) is 6.79. The number of aliphatic imine (C=N–C) groups is 1. The smallest absolute Gasteiger partial charge is 0.233 e. The van der Waals surface area contributed by atoms with Crippen LogP contribution in [0.2, 0.25) is 0 Å². The van der Waals surface area contributed by atoms with Crippen LogP contribution >= 0.6 is 0 Å². The van der Waals surface area contributed by atoms with Crippen molar-refractivity contribution in [1.82, 2.24) is 20.9 Å². The fourth-order valence-corrected chi connectivity index (χ4v) is 3.17. The second kappa shape index (κ2) is 10.8. The van der Waals surface area contributed by atoms with Gasteiger partial charge in [-0.05, 0) is 36.8 Å². The molecule has 0 unspecified atom stereocenters. The molecule has 6 nitrogen and oxygen atoms in total. The molecule has 0 aromatic heterocycles. The van der Waals surface area contributed by atoms with Gasteiger partial charge in [0.15, 0.2) is 5.96 Å². The zero-order valence-electron chi connectivity index (χ0n) is 16.3. The molecule has 0 spiro atoms. The van der Waals surface area contributed by atoms with Crippen molar-refractivity contribution in [2.45, 2.75) is 38.6 Å². The van der Waals surface area contributed by atoms with Gasteiger partial charge in [0.25, 0.3) is 0 Å². The van der Waals surface area contributed by atoms with Gasteiger partial charge in [-0.2, -0.15) is 0 Å². The molecule has 1 aromatic rings. The summed E-state index contributed by atoms with van der Waals surface area (Å²) >= 11 is 0. The summed E-state index contributed by atoms with van der Waals surface area (Å²) in [5.74, 6) is 0.945. The van der Waals surface area contributed by atoms with Crippen LogP contribution in [-0.2, 0) is 17.6 Å². The predicted octanol–water partition coefficient (Wildman–Crippen LogP) is 1.17. The molecule has 2 rings (SSSR count). The highest BCUT2D eigenvalue weighted by atomic mass is 16.1. The van der Waals surface area contributed by atoms with Crippen LogP contribution in [0.1, 0.15) is 30.9 Å². The maximum atomic E-state index is 11.5. The van der Waals surface area contributed by atoms with Crippen LogP contribution in [0.3, 0.4) is 0 Å². The van der Waals surface area contributed by atoms with Gasteiger partial charge in [-0.1, -0.05) is 31.2 Å². The van der Waals surface area contributed by atoms with Crippen molar-refractivity contribution in [2.75, 3.05) is 40.3 Å². The number of guanidine groups is 1. The van der Waals surface area contributed by atoms with Gasteiger partial charge in [0.1, 0.15) is 0 Å². The van der Waals surface area contributed by atoms with E-state index in [1.807, 2.05) is 7.05 Å². The van der Waals surface area contributed by atoms with Crippen molar-refractivity contribution in [3.8, 4) is 0 Å². The summed E-state index contributed by atoms with van der Waals surface area (Å²) < 4.78 is 0. The van der Waals surface area contributed by atoms with Crippen LogP contribution in [0.5, 0.6) is 0 Å². The van der Waals surface area contributed by atoms with Crippen LogP contribution in [0, 0.1) is 0 Å². The number of amides is 1. The molecule has 0 radical (unpaired) electrons. The van der Waals surface area contributed by atoms with E-state index in [4.69, 9.17) is 0 Å². The first-order valence-electron chi connectivity index (χ1n) is 9.62. The number of hydrogen-bond acceptors (Lipinski definition) is 3. The number of nitrogens with one attached hydrogen (secondary N) is 3. The third-order valence-electron chi connectivity index (χ3n) is 4.94. The van der Waals surface area contributed by atoms with Crippen LogP contribution in [0.25, 0.3) is 0 Å². The minimum atomic E-state index is 0.0841. The molecule has 1 heterocycles. The lowest BCUT2D eigenvalue weighted by molar-refractivity contribution is -0.122. The standard InChI is InChI=1S/C20H33N5O/c1-4-16-5-7-17(8-6-16)9-12-23-20(22-3)24-18-10-13-25(14-11-18)15-19(26)21-2/h5-8,18H,4,9-15H2,1-3H3,(H,21,26)(H2,22,23,24). The van der Waals surface area contributed by atoms with E-state index in [9.17, 15) is 4.79 Å². The Kier molecular flexibility index (Phi) is 8.41. The molecule has 1 aliphatic rings. The van der Waals surface area contributed by atoms with Crippen LogP contribution in [0.4, 0.5) is 0 Å². The van der Waals surface area contributed by atoms with Crippen molar-refractivity contribution in [3.63, 3.8) is 0 Å². The predicted molar refractivity (Wildman–Crippen MR) is 108 cm³/mol. The number of rotatable bonds is 7. The Morgan fingerprint density at radius 3 is 2.42 bits per heavy atom. The number of aryl methyl sites for hydroxylation is 1. The average molecular weight is 360 g/mol. The highest BCUT2D eigenvalue weighted by Gasteiger charge is 2.21. The maximum Gasteiger partial charge on any atom is 0.233 e. The number of hydrogen-bond donors (Lipinski definition) is 3. The summed E-state index contributed by atoms with van der Waals surface area (Å²) in [5, 5.41) is 9.60. The van der Waals surface area contributed by atoms with E-state index in [-0.39, 0.29) is 5.91 Å². The fraction of sp³-hybridized carbons (Fsp3) is 0.600. The summed E-state index contributed by atoms with van der Waals surface area (Å²) in [6.45, 7) is 5.40. The zero-order valence-corrected chi connectivity index (χ0v) is 16.3. The van der Waals surface area contributed by atoms with E-state index in [2.05, 4.69) is 57.0 Å². The lowest BCUT2D eigenvalue weighted by Gasteiger charge is -2.32. The lowest BCUT2D eigenvalue weighted by Crippen LogP contribution is -2.50. The molecule has 1 saturated heterocycles. The number of carbonyl (C=O) groups excluding carboxylic acids is 1. The molecule has 1 aliphatic heterocycles. The van der Waals surface area contributed by atoms with Gasteiger partial charge in [-0.15, -0.1) is 0 Å². The number of likely N-dealkylation sites (N-methyl/N-ethyl adjacent to an activating group) is 1. The molecule has 0 saturated carbocycles. The van der Waals surface area contributed by atoms with Gasteiger partial charge in [-0.25, -0.2) is 0 Å². The second-order valence-electron chi connectivity index (χ2n) is 6.79. The Morgan fingerprint density at radius 2 is 1.85 bits per heavy atom. The molecule has 1 aromatic carbocycles. The molecule has 6 heteroatoms. The summed E-state index contributed by atoms with van der Waals surface area (Å²) in [6.07, 6.45) is 4.11. The number of piperidine rings is 1. The van der Waals surface area contributed by atoms with Gasteiger partial charge in [-0.3, -0.25) is 14.7 Å². The molecule has 1 amide bonds. The van der Waals surface area contributed by atoms with Gasteiger partial charge in [0, 0.05) is 39.8 Å². The number of nitrogens with zero attached hydrogens (tertiary/aromatic N) is 2. The fourth-order valence-electron chi connectivity index (χ4n) is 3.17. The first-order valence-corrected chi connectivity index (χ1v) is 9.62. The average Bonchev–Trinajstić information content (AvgIpc) is 2.69. The number of likely N-dealkylation sites (tertiary alicyclic amines) is 1. The van der Waals surface area contributed by atoms with Crippen LogP contribution < -0.4 is 16.0 Å². The van der Waals surface area contributed by atoms with Gasteiger partial charge in [0.2, 0.25) is 5.91 Å². The lowest BCUT2D eigenvalue weighted by atomic mass is 10.1. The van der Waals surface area contributed by atoms with Crippen LogP contribution in [0.15, 0.2) is 29.3 Å². The molecule has 0 bridgehead atoms. The molecule has 1 fully saturated rings. The summed E-state index contributed by atoms with van der Waals surface area (Å²) in [5.41, 5.74) is 2.72. The number of benzene rings is 1. The number of carbonyl (C=O) groups is 1. The van der Waals surface area contributed by atoms with Gasteiger partial charge in [0.05, 0.1) is 6.54 Å². The Balaban J connectivity index is 1.68. The van der Waals surface area contributed by atoms with E-state index < -0.39 is 0 Å². The molecule has 3 N–H and O–H groups in total. The van der Waals surface area contributed by atoms with Crippen molar-refractivity contribution in [2.24, 2.45) is 4.99 Å². The Bertz CT molecular complexity index is 576. The molecule has 0 atom stereocenters. The monoisotopic (exact) mass is 359 g/mol. The Labute approximate surface area is 157 Å². The van der Waals surface area contributed by atoms with Gasteiger partial charge >= 0.3 is 0 Å². The summed E-state index contributed by atoms with van der Waals surface area (Å²) in [7, 11) is 3.50. The van der Waals surface area contributed by atoms with Crippen molar-refractivity contribution in [3.05, 3.63) is 35.4 Å². The highest BCUT2D eigenvalue weighted by molar-refractivity contribution is 5.80. The van der Waals surface area contributed by atoms with E-state index >= 15 is 0 Å². The molecular weight excluding hydrogens is 326 g/mol. The van der Waals surface area contributed by atoms with E-state index in [0.717, 1.165) is 51.3 Å². The molecular formula is C20H33N5O. The van der Waals surface area contributed by atoms with Crippen molar-refractivity contribution in [1.29, 1.82) is 0 Å². The highest BCUT2D eigenvalue weighted by Crippen LogP contribution is 2.10. The van der Waals surface area contributed by atoms with E-state index in [1.165, 1.54) is 11.1 Å². The van der Waals surface area contributed by atoms with Crippen LogP contribution in [-0.4, -0.2) is 63.1 Å². The van der Waals surface area contributed by atoms with Crippen molar-refractivity contribution >= 4 is 11.9 Å². The third kappa shape index (κ3) is 6.67. The van der Waals surface area contributed by atoms with Crippen molar-refractivity contribution < 1.29 is 4.79 Å². The minimum absolute atomic E-state index is 0.0841. The summed E-state index contributed by atoms with van der Waals surface area (Å²) in [4.78, 5) is 18.0. The maximum absolute atomic E-state index is 11.5. The topological polar surface area (TPSA) is 68.8 Å². The third-order valence-corrected chi connectivity index (χ3v) is 4.94. The summed E-state index contributed by atoms with van der Waals surface area (Å²) in [6, 6.07) is 9.23. The minimum Gasteiger partial charge on any atom is -0.358 e. The van der Waals surface area contributed by atoms with Gasteiger partial charge < -0.3 is 16.0 Å². The quantitative estimate of drug-likeness (QED) is 0.505. The zero-order chi connectivity index (χ0) is 18.8. The molecule has 26 heavy (non-hydrogen) atoms. The van der Waals surface area contributed by atoms with E-state index in [0.29, 0.717) is 12.6 Å². The Morgan fingerprint density at radius 1 is 1.19 bits per heavy atom. The first-order chi connectivity index (χ1) is 12.6.